The SMILES string of the molecule is O=C(c1ccccc1Br)N1CCCCC1. The third-order valence-corrected chi connectivity index (χ3v) is 3.44. The lowest BCUT2D eigenvalue weighted by Crippen LogP contribution is -2.35. The predicted molar refractivity (Wildman–Crippen MR) is 63.9 cm³/mol. The van der Waals surface area contributed by atoms with Gasteiger partial charge in [-0.1, -0.05) is 12.1 Å². The molecule has 0 aliphatic carbocycles. The van der Waals surface area contributed by atoms with Crippen LogP contribution in [0.25, 0.3) is 0 Å². The first-order valence-corrected chi connectivity index (χ1v) is 6.12. The van der Waals surface area contributed by atoms with Crippen LogP contribution in [0.4, 0.5) is 0 Å². The molecule has 0 bridgehead atoms. The highest BCUT2D eigenvalue weighted by atomic mass is 79.9. The number of piperidine rings is 1. The monoisotopic (exact) mass is 267 g/mol. The quantitative estimate of drug-likeness (QED) is 0.766. The summed E-state index contributed by atoms with van der Waals surface area (Å²) in [5.74, 6) is 0.155. The third kappa shape index (κ3) is 2.40. The van der Waals surface area contributed by atoms with Gasteiger partial charge in [0, 0.05) is 17.6 Å². The van der Waals surface area contributed by atoms with Gasteiger partial charge in [0.05, 0.1) is 5.56 Å². The summed E-state index contributed by atoms with van der Waals surface area (Å²) in [6.45, 7) is 1.81. The second-order valence-corrected chi connectivity index (χ2v) is 4.69. The van der Waals surface area contributed by atoms with Crippen LogP contribution < -0.4 is 0 Å². The Morgan fingerprint density at radius 1 is 1.13 bits per heavy atom. The highest BCUT2D eigenvalue weighted by Crippen LogP contribution is 2.19. The molecule has 0 unspecified atom stereocenters. The molecule has 1 aromatic carbocycles. The zero-order valence-corrected chi connectivity index (χ0v) is 10.2. The van der Waals surface area contributed by atoms with E-state index in [1.807, 2.05) is 29.2 Å². The Hall–Kier alpha value is -0.830. The Kier molecular flexibility index (Phi) is 3.41. The molecule has 0 radical (unpaired) electrons. The van der Waals surface area contributed by atoms with Crippen molar-refractivity contribution in [2.45, 2.75) is 19.3 Å². The van der Waals surface area contributed by atoms with Crippen LogP contribution in [0.5, 0.6) is 0 Å². The van der Waals surface area contributed by atoms with Gasteiger partial charge < -0.3 is 4.90 Å². The van der Waals surface area contributed by atoms with Gasteiger partial charge in [-0.05, 0) is 47.3 Å². The van der Waals surface area contributed by atoms with Gasteiger partial charge >= 0.3 is 0 Å². The minimum atomic E-state index is 0.155. The molecular weight excluding hydrogens is 254 g/mol. The van der Waals surface area contributed by atoms with Crippen LogP contribution in [0, 0.1) is 0 Å². The Labute approximate surface area is 98.4 Å². The summed E-state index contributed by atoms with van der Waals surface area (Å²) in [5, 5.41) is 0. The van der Waals surface area contributed by atoms with E-state index >= 15 is 0 Å². The number of rotatable bonds is 1. The van der Waals surface area contributed by atoms with Crippen molar-refractivity contribution in [3.8, 4) is 0 Å². The van der Waals surface area contributed by atoms with Gasteiger partial charge in [0.15, 0.2) is 0 Å². The maximum absolute atomic E-state index is 12.1. The van der Waals surface area contributed by atoms with Crippen molar-refractivity contribution in [1.29, 1.82) is 0 Å². The van der Waals surface area contributed by atoms with Crippen molar-refractivity contribution in [3.05, 3.63) is 34.3 Å². The minimum absolute atomic E-state index is 0.155. The molecule has 1 aliphatic rings. The first kappa shape index (κ1) is 10.7. The standard InChI is InChI=1S/C12H14BrNO/c13-11-7-3-2-6-10(11)12(15)14-8-4-1-5-9-14/h2-3,6-7H,1,4-5,8-9H2. The number of carbonyl (C=O) groups excluding carboxylic acids is 1. The smallest absolute Gasteiger partial charge is 0.254 e. The lowest BCUT2D eigenvalue weighted by Gasteiger charge is -2.27. The molecule has 15 heavy (non-hydrogen) atoms. The van der Waals surface area contributed by atoms with Gasteiger partial charge in [0.25, 0.3) is 5.91 Å². The largest absolute Gasteiger partial charge is 0.339 e. The van der Waals surface area contributed by atoms with Crippen molar-refractivity contribution < 1.29 is 4.79 Å². The van der Waals surface area contributed by atoms with E-state index in [1.165, 1.54) is 6.42 Å². The Bertz CT molecular complexity index is 358. The van der Waals surface area contributed by atoms with E-state index in [9.17, 15) is 4.79 Å². The fourth-order valence-electron chi connectivity index (χ4n) is 1.90. The number of halogens is 1. The minimum Gasteiger partial charge on any atom is -0.339 e. The molecule has 0 atom stereocenters. The summed E-state index contributed by atoms with van der Waals surface area (Å²) in [6.07, 6.45) is 3.52. The molecule has 1 saturated heterocycles. The first-order valence-electron chi connectivity index (χ1n) is 5.33. The van der Waals surface area contributed by atoms with E-state index in [2.05, 4.69) is 15.9 Å². The van der Waals surface area contributed by atoms with Gasteiger partial charge in [-0.2, -0.15) is 0 Å². The van der Waals surface area contributed by atoms with Gasteiger partial charge in [-0.3, -0.25) is 4.79 Å². The third-order valence-electron chi connectivity index (χ3n) is 2.75. The molecule has 1 amide bonds. The summed E-state index contributed by atoms with van der Waals surface area (Å²) in [7, 11) is 0. The second kappa shape index (κ2) is 4.79. The molecule has 0 N–H and O–H groups in total. The number of hydrogen-bond donors (Lipinski definition) is 0. The normalized spacial score (nSPS) is 16.5. The zero-order valence-electron chi connectivity index (χ0n) is 8.58. The van der Waals surface area contributed by atoms with Crippen LogP contribution >= 0.6 is 15.9 Å². The van der Waals surface area contributed by atoms with Crippen molar-refractivity contribution in [1.82, 2.24) is 4.90 Å². The molecule has 2 nitrogen and oxygen atoms in total. The topological polar surface area (TPSA) is 20.3 Å². The molecule has 1 fully saturated rings. The van der Waals surface area contributed by atoms with Crippen molar-refractivity contribution in [2.75, 3.05) is 13.1 Å². The Balaban J connectivity index is 2.16. The number of hydrogen-bond acceptors (Lipinski definition) is 1. The van der Waals surface area contributed by atoms with Crippen LogP contribution in [0.15, 0.2) is 28.7 Å². The second-order valence-electron chi connectivity index (χ2n) is 3.83. The first-order chi connectivity index (χ1) is 7.29. The number of benzene rings is 1. The fourth-order valence-corrected chi connectivity index (χ4v) is 2.36. The lowest BCUT2D eigenvalue weighted by atomic mass is 10.1. The molecule has 1 aliphatic heterocycles. The summed E-state index contributed by atoms with van der Waals surface area (Å²) >= 11 is 3.42. The number of carbonyl (C=O) groups is 1. The average Bonchev–Trinajstić information content (AvgIpc) is 2.30. The van der Waals surface area contributed by atoms with E-state index in [1.54, 1.807) is 0 Å². The predicted octanol–water partition coefficient (Wildman–Crippen LogP) is 3.08. The van der Waals surface area contributed by atoms with Crippen LogP contribution in [0.3, 0.4) is 0 Å². The van der Waals surface area contributed by atoms with Gasteiger partial charge in [0.2, 0.25) is 0 Å². The molecule has 0 saturated carbocycles. The number of amides is 1. The van der Waals surface area contributed by atoms with Gasteiger partial charge in [-0.25, -0.2) is 0 Å². The Morgan fingerprint density at radius 3 is 2.47 bits per heavy atom. The molecule has 2 rings (SSSR count). The summed E-state index contributed by atoms with van der Waals surface area (Å²) in [6, 6.07) is 7.62. The van der Waals surface area contributed by atoms with E-state index < -0.39 is 0 Å². The molecule has 80 valence electrons. The molecule has 0 spiro atoms. The van der Waals surface area contributed by atoms with Crippen LogP contribution in [-0.2, 0) is 0 Å². The number of nitrogens with zero attached hydrogens (tertiary/aromatic N) is 1. The molecular formula is C12H14BrNO. The van der Waals surface area contributed by atoms with Crippen molar-refractivity contribution in [3.63, 3.8) is 0 Å². The average molecular weight is 268 g/mol. The molecule has 1 aromatic rings. The van der Waals surface area contributed by atoms with E-state index in [4.69, 9.17) is 0 Å². The molecule has 0 aromatic heterocycles. The van der Waals surface area contributed by atoms with Crippen LogP contribution in [0.2, 0.25) is 0 Å². The fraction of sp³-hybridized carbons (Fsp3) is 0.417. The summed E-state index contributed by atoms with van der Waals surface area (Å²) in [5.41, 5.74) is 0.777. The van der Waals surface area contributed by atoms with Gasteiger partial charge in [0.1, 0.15) is 0 Å². The van der Waals surface area contributed by atoms with Crippen molar-refractivity contribution >= 4 is 21.8 Å². The lowest BCUT2D eigenvalue weighted by molar-refractivity contribution is 0.0723. The zero-order chi connectivity index (χ0) is 10.7. The maximum Gasteiger partial charge on any atom is 0.254 e. The Morgan fingerprint density at radius 2 is 1.80 bits per heavy atom. The molecule has 3 heteroatoms. The van der Waals surface area contributed by atoms with Crippen LogP contribution in [0.1, 0.15) is 29.6 Å². The van der Waals surface area contributed by atoms with Crippen molar-refractivity contribution in [2.24, 2.45) is 0 Å². The summed E-state index contributed by atoms with van der Waals surface area (Å²) < 4.78 is 0.889. The summed E-state index contributed by atoms with van der Waals surface area (Å²) in [4.78, 5) is 14.1. The highest BCUT2D eigenvalue weighted by molar-refractivity contribution is 9.10. The van der Waals surface area contributed by atoms with Gasteiger partial charge in [-0.15, -0.1) is 0 Å². The van der Waals surface area contributed by atoms with E-state index in [0.29, 0.717) is 0 Å². The van der Waals surface area contributed by atoms with E-state index in [0.717, 1.165) is 36.0 Å². The highest BCUT2D eigenvalue weighted by Gasteiger charge is 2.19. The maximum atomic E-state index is 12.1. The van der Waals surface area contributed by atoms with E-state index in [-0.39, 0.29) is 5.91 Å². The number of likely N-dealkylation sites (tertiary alicyclic amines) is 1. The molecule has 1 heterocycles. The van der Waals surface area contributed by atoms with Crippen LogP contribution in [-0.4, -0.2) is 23.9 Å².